The molecule has 13 heteroatoms. The number of halogens is 7. The van der Waals surface area contributed by atoms with Crippen molar-refractivity contribution in [2.24, 2.45) is 5.10 Å². The summed E-state index contributed by atoms with van der Waals surface area (Å²) in [5.74, 6) is -7.14. The molecule has 4 rings (SSSR count). The fourth-order valence-corrected chi connectivity index (χ4v) is 4.21. The van der Waals surface area contributed by atoms with Crippen molar-refractivity contribution in [3.05, 3.63) is 83.7 Å². The molecule has 2 unspecified atom stereocenters. The Kier molecular flexibility index (Phi) is 7.73. The number of β-amino-alcohol motifs (C(OH)–C–C–N with tert-alkyl or cyclic N) is 1. The van der Waals surface area contributed by atoms with Crippen molar-refractivity contribution in [3.8, 4) is 16.9 Å². The Bertz CT molecular complexity index is 1330. The van der Waals surface area contributed by atoms with Gasteiger partial charge < -0.3 is 20.2 Å². The van der Waals surface area contributed by atoms with Gasteiger partial charge in [-0.1, -0.05) is 18.2 Å². The molecule has 0 fully saturated rings. The van der Waals surface area contributed by atoms with Gasteiger partial charge in [0.25, 0.3) is 0 Å². The first kappa shape index (κ1) is 28.1. The predicted molar refractivity (Wildman–Crippen MR) is 128 cm³/mol. The van der Waals surface area contributed by atoms with Gasteiger partial charge in [0.05, 0.1) is 6.54 Å². The SMILES string of the molecule is CC1CCNN=CN1CC(O)(c1ccc(F)cc1F)C(F)(F)c1ccc(-c2cccc(OC(F)(F)F)c2)cn1. The highest BCUT2D eigenvalue weighted by Gasteiger charge is 2.58. The number of benzene rings is 2. The molecule has 0 aliphatic carbocycles. The molecule has 2 aromatic carbocycles. The molecule has 0 spiro atoms. The largest absolute Gasteiger partial charge is 0.573 e. The van der Waals surface area contributed by atoms with Crippen LogP contribution in [-0.2, 0) is 11.5 Å². The number of nitrogens with one attached hydrogen (secondary N) is 1. The molecule has 208 valence electrons. The summed E-state index contributed by atoms with van der Waals surface area (Å²) < 4.78 is 102. The van der Waals surface area contributed by atoms with E-state index in [0.29, 0.717) is 19.0 Å². The van der Waals surface area contributed by atoms with Gasteiger partial charge in [-0.2, -0.15) is 13.9 Å². The van der Waals surface area contributed by atoms with Crippen LogP contribution in [0.25, 0.3) is 11.1 Å². The molecule has 2 N–H and O–H groups in total. The zero-order chi connectivity index (χ0) is 28.4. The molecule has 2 heterocycles. The fourth-order valence-electron chi connectivity index (χ4n) is 4.21. The van der Waals surface area contributed by atoms with E-state index in [2.05, 4.69) is 20.2 Å². The molecule has 0 saturated carbocycles. The van der Waals surface area contributed by atoms with E-state index < -0.39 is 53.1 Å². The van der Waals surface area contributed by atoms with Crippen LogP contribution in [0.5, 0.6) is 5.75 Å². The maximum absolute atomic E-state index is 16.1. The molecule has 1 aromatic heterocycles. The predicted octanol–water partition coefficient (Wildman–Crippen LogP) is 5.53. The van der Waals surface area contributed by atoms with Gasteiger partial charge in [-0.25, -0.2) is 8.78 Å². The number of aliphatic hydroxyl groups is 1. The van der Waals surface area contributed by atoms with Gasteiger partial charge in [0.2, 0.25) is 0 Å². The minimum atomic E-state index is -4.92. The van der Waals surface area contributed by atoms with Crippen LogP contribution in [0.3, 0.4) is 0 Å². The summed E-state index contributed by atoms with van der Waals surface area (Å²) in [7, 11) is 0. The second-order valence-corrected chi connectivity index (χ2v) is 9.03. The first-order valence-electron chi connectivity index (χ1n) is 11.7. The standard InChI is InChI=1S/C26H23F7N4O2/c1-16-9-10-35-36-15-37(16)14-24(38,21-7-6-19(27)12-22(21)28)25(29,30)23-8-5-18(13-34-23)17-3-2-4-20(11-17)39-26(31,32)33/h2-8,11-13,15-16,35,38H,9-10,14H2,1H3. The third-order valence-corrected chi connectivity index (χ3v) is 6.33. The van der Waals surface area contributed by atoms with E-state index in [1.54, 1.807) is 6.92 Å². The summed E-state index contributed by atoms with van der Waals surface area (Å²) in [6.07, 6.45) is -2.25. The maximum atomic E-state index is 16.1. The minimum absolute atomic E-state index is 0.179. The van der Waals surface area contributed by atoms with Crippen molar-refractivity contribution in [2.45, 2.75) is 37.3 Å². The Balaban J connectivity index is 1.73. The molecule has 0 radical (unpaired) electrons. The first-order valence-corrected chi connectivity index (χ1v) is 11.7. The number of aromatic nitrogens is 1. The van der Waals surface area contributed by atoms with Crippen molar-refractivity contribution < 1.29 is 40.6 Å². The van der Waals surface area contributed by atoms with E-state index in [-0.39, 0.29) is 17.2 Å². The number of hydrazone groups is 1. The van der Waals surface area contributed by atoms with E-state index >= 15 is 8.78 Å². The maximum Gasteiger partial charge on any atom is 0.573 e. The number of nitrogens with zero attached hydrogens (tertiary/aromatic N) is 3. The van der Waals surface area contributed by atoms with Crippen LogP contribution >= 0.6 is 0 Å². The van der Waals surface area contributed by atoms with E-state index in [1.165, 1.54) is 29.4 Å². The third kappa shape index (κ3) is 6.08. The van der Waals surface area contributed by atoms with Crippen molar-refractivity contribution in [3.63, 3.8) is 0 Å². The number of rotatable bonds is 7. The van der Waals surface area contributed by atoms with E-state index in [0.717, 1.165) is 36.5 Å². The molecule has 0 amide bonds. The Hall–Kier alpha value is -3.87. The Morgan fingerprint density at radius 1 is 1.03 bits per heavy atom. The molecule has 39 heavy (non-hydrogen) atoms. The fraction of sp³-hybridized carbons (Fsp3) is 0.308. The van der Waals surface area contributed by atoms with Crippen LogP contribution in [0.4, 0.5) is 30.7 Å². The molecule has 0 saturated heterocycles. The molecule has 1 aliphatic heterocycles. The summed E-state index contributed by atoms with van der Waals surface area (Å²) in [6, 6.07) is 8.41. The molecule has 1 aliphatic rings. The second kappa shape index (κ2) is 10.7. The van der Waals surface area contributed by atoms with E-state index in [1.807, 2.05) is 0 Å². The number of alkyl halides is 5. The average molecular weight is 556 g/mol. The summed E-state index contributed by atoms with van der Waals surface area (Å²) in [5.41, 5.74) is -1.94. The zero-order valence-electron chi connectivity index (χ0n) is 20.4. The van der Waals surface area contributed by atoms with Crippen LogP contribution in [-0.4, -0.2) is 46.8 Å². The highest BCUT2D eigenvalue weighted by molar-refractivity contribution is 5.64. The molecule has 2 atom stereocenters. The van der Waals surface area contributed by atoms with Crippen molar-refractivity contribution in [2.75, 3.05) is 13.1 Å². The lowest BCUT2D eigenvalue weighted by Gasteiger charge is -2.40. The van der Waals surface area contributed by atoms with Crippen LogP contribution in [0.15, 0.2) is 65.9 Å². The molecule has 0 bridgehead atoms. The van der Waals surface area contributed by atoms with Gasteiger partial charge in [-0.3, -0.25) is 4.98 Å². The van der Waals surface area contributed by atoms with Crippen LogP contribution < -0.4 is 10.2 Å². The zero-order valence-corrected chi connectivity index (χ0v) is 20.4. The highest BCUT2D eigenvalue weighted by atomic mass is 19.4. The lowest BCUT2D eigenvalue weighted by atomic mass is 9.83. The molecule has 6 nitrogen and oxygen atoms in total. The van der Waals surface area contributed by atoms with Crippen molar-refractivity contribution in [1.29, 1.82) is 0 Å². The Labute approximate surface area is 218 Å². The average Bonchev–Trinajstić information content (AvgIpc) is 3.06. The molecular formula is C26H23F7N4O2. The van der Waals surface area contributed by atoms with E-state index in [4.69, 9.17) is 0 Å². The lowest BCUT2D eigenvalue weighted by molar-refractivity contribution is -0.274. The smallest absolute Gasteiger partial charge is 0.406 e. The first-order chi connectivity index (χ1) is 18.3. The molecule has 3 aromatic rings. The normalized spacial score (nSPS) is 17.8. The van der Waals surface area contributed by atoms with Crippen molar-refractivity contribution >= 4 is 6.34 Å². The quantitative estimate of drug-likeness (QED) is 0.375. The van der Waals surface area contributed by atoms with Gasteiger partial charge in [0, 0.05) is 36.0 Å². The number of hydrogen-bond donors (Lipinski definition) is 2. The second-order valence-electron chi connectivity index (χ2n) is 9.03. The van der Waals surface area contributed by atoms with Gasteiger partial charge in [0.15, 0.2) is 5.60 Å². The summed E-state index contributed by atoms with van der Waals surface area (Å²) in [6.45, 7) is 1.32. The summed E-state index contributed by atoms with van der Waals surface area (Å²) in [5, 5.41) is 15.4. The highest BCUT2D eigenvalue weighted by Crippen LogP contribution is 2.46. The third-order valence-electron chi connectivity index (χ3n) is 6.33. The van der Waals surface area contributed by atoms with Crippen LogP contribution in [0.1, 0.15) is 24.6 Å². The number of ether oxygens (including phenoxy) is 1. The van der Waals surface area contributed by atoms with Crippen molar-refractivity contribution in [1.82, 2.24) is 15.3 Å². The van der Waals surface area contributed by atoms with Gasteiger partial charge in [-0.05, 0) is 49.2 Å². The minimum Gasteiger partial charge on any atom is -0.406 e. The van der Waals surface area contributed by atoms with Crippen LogP contribution in [0, 0.1) is 11.6 Å². The lowest BCUT2D eigenvalue weighted by Crippen LogP contribution is -2.53. The Morgan fingerprint density at radius 3 is 2.46 bits per heavy atom. The topological polar surface area (TPSA) is 70.0 Å². The summed E-state index contributed by atoms with van der Waals surface area (Å²) >= 11 is 0. The van der Waals surface area contributed by atoms with Crippen LogP contribution in [0.2, 0.25) is 0 Å². The number of pyridine rings is 1. The monoisotopic (exact) mass is 556 g/mol. The van der Waals surface area contributed by atoms with Gasteiger partial charge in [-0.15, -0.1) is 13.2 Å². The molecular weight excluding hydrogens is 533 g/mol. The summed E-state index contributed by atoms with van der Waals surface area (Å²) in [4.78, 5) is 5.08. The Morgan fingerprint density at radius 2 is 1.79 bits per heavy atom. The number of hydrogen-bond acceptors (Lipinski definition) is 6. The van der Waals surface area contributed by atoms with E-state index in [9.17, 15) is 27.1 Å². The van der Waals surface area contributed by atoms with Gasteiger partial charge >= 0.3 is 12.3 Å². The van der Waals surface area contributed by atoms with Gasteiger partial charge in [0.1, 0.15) is 29.4 Å².